The molecule has 2 heterocycles. The van der Waals surface area contributed by atoms with Crippen molar-refractivity contribution < 1.29 is 0 Å². The Morgan fingerprint density at radius 2 is 2.39 bits per heavy atom. The molecule has 3 heteroatoms. The molecule has 1 fully saturated rings. The number of hydrogen-bond donors (Lipinski definition) is 1. The van der Waals surface area contributed by atoms with Crippen molar-refractivity contribution in [2.75, 3.05) is 12.3 Å². The van der Waals surface area contributed by atoms with Crippen LogP contribution in [-0.2, 0) is 6.42 Å². The highest BCUT2D eigenvalue weighted by atomic mass is 32.2. The predicted molar refractivity (Wildman–Crippen MR) is 84.8 cm³/mol. The van der Waals surface area contributed by atoms with Crippen LogP contribution in [0.4, 0.5) is 0 Å². The number of nitrogens with one attached hydrogen (secondary N) is 1. The van der Waals surface area contributed by atoms with E-state index in [2.05, 4.69) is 47.8 Å². The summed E-state index contributed by atoms with van der Waals surface area (Å²) in [6, 6.07) is 2.94. The zero-order chi connectivity index (χ0) is 12.8. The summed E-state index contributed by atoms with van der Waals surface area (Å²) in [4.78, 5) is 0. The first kappa shape index (κ1) is 14.4. The summed E-state index contributed by atoms with van der Waals surface area (Å²) in [5.74, 6) is 1.35. The topological polar surface area (TPSA) is 12.0 Å². The summed E-state index contributed by atoms with van der Waals surface area (Å²) in [5, 5.41) is 8.28. The van der Waals surface area contributed by atoms with Gasteiger partial charge in [0.2, 0.25) is 0 Å². The van der Waals surface area contributed by atoms with Crippen molar-refractivity contribution in [3.8, 4) is 0 Å². The van der Waals surface area contributed by atoms with Crippen molar-refractivity contribution in [3.05, 3.63) is 22.4 Å². The number of thiophene rings is 1. The van der Waals surface area contributed by atoms with Crippen molar-refractivity contribution >= 4 is 23.1 Å². The molecule has 0 bridgehead atoms. The molecule has 0 aromatic carbocycles. The first-order valence-corrected chi connectivity index (χ1v) is 9.06. The number of aryl methyl sites for hydroxylation is 1. The summed E-state index contributed by atoms with van der Waals surface area (Å²) < 4.78 is 0.463. The lowest BCUT2D eigenvalue weighted by Crippen LogP contribution is -2.45. The van der Waals surface area contributed by atoms with E-state index >= 15 is 0 Å². The Kier molecular flexibility index (Phi) is 5.58. The van der Waals surface area contributed by atoms with Crippen LogP contribution in [0.1, 0.15) is 45.1 Å². The van der Waals surface area contributed by atoms with Crippen molar-refractivity contribution in [2.24, 2.45) is 0 Å². The first-order chi connectivity index (χ1) is 8.74. The number of hydrogen-bond acceptors (Lipinski definition) is 3. The van der Waals surface area contributed by atoms with Gasteiger partial charge in [-0.1, -0.05) is 6.92 Å². The molecular formula is C15H25NS2. The second kappa shape index (κ2) is 6.97. The minimum Gasteiger partial charge on any atom is -0.313 e. The maximum Gasteiger partial charge on any atom is 0.0285 e. The Morgan fingerprint density at radius 1 is 1.50 bits per heavy atom. The predicted octanol–water partition coefficient (Wildman–Crippen LogP) is 4.33. The van der Waals surface area contributed by atoms with Crippen LogP contribution < -0.4 is 5.32 Å². The summed E-state index contributed by atoms with van der Waals surface area (Å²) in [5.41, 5.74) is 1.51. The van der Waals surface area contributed by atoms with E-state index in [1.165, 1.54) is 43.4 Å². The maximum absolute atomic E-state index is 3.80. The van der Waals surface area contributed by atoms with Crippen molar-refractivity contribution in [3.63, 3.8) is 0 Å². The average molecular weight is 284 g/mol. The van der Waals surface area contributed by atoms with E-state index in [-0.39, 0.29) is 0 Å². The highest BCUT2D eigenvalue weighted by Gasteiger charge is 2.36. The highest BCUT2D eigenvalue weighted by molar-refractivity contribution is 8.00. The van der Waals surface area contributed by atoms with Crippen LogP contribution in [0.25, 0.3) is 0 Å². The van der Waals surface area contributed by atoms with Crippen molar-refractivity contribution in [1.29, 1.82) is 0 Å². The Balaban J connectivity index is 1.91. The van der Waals surface area contributed by atoms with Gasteiger partial charge in [0.15, 0.2) is 0 Å². The second-order valence-corrected chi connectivity index (χ2v) is 7.85. The van der Waals surface area contributed by atoms with E-state index in [9.17, 15) is 0 Å². The van der Waals surface area contributed by atoms with Gasteiger partial charge in [0.05, 0.1) is 0 Å². The van der Waals surface area contributed by atoms with Crippen LogP contribution in [0, 0.1) is 0 Å². The largest absolute Gasteiger partial charge is 0.313 e. The van der Waals surface area contributed by atoms with E-state index in [1.807, 2.05) is 11.3 Å². The van der Waals surface area contributed by atoms with Crippen LogP contribution in [-0.4, -0.2) is 23.1 Å². The molecule has 1 aromatic rings. The fraction of sp³-hybridized carbons (Fsp3) is 0.733. The fourth-order valence-corrected chi connectivity index (χ4v) is 4.91. The fourth-order valence-electron chi connectivity index (χ4n) is 2.76. The van der Waals surface area contributed by atoms with Gasteiger partial charge in [0.1, 0.15) is 0 Å². The zero-order valence-corrected chi connectivity index (χ0v) is 13.2. The third-order valence-corrected chi connectivity index (χ3v) is 6.30. The van der Waals surface area contributed by atoms with E-state index < -0.39 is 0 Å². The third kappa shape index (κ3) is 3.75. The maximum atomic E-state index is 3.80. The van der Waals surface area contributed by atoms with Crippen molar-refractivity contribution in [1.82, 2.24) is 5.32 Å². The average Bonchev–Trinajstić information content (AvgIpc) is 3.01. The van der Waals surface area contributed by atoms with E-state index in [4.69, 9.17) is 0 Å². The van der Waals surface area contributed by atoms with Crippen LogP contribution in [0.5, 0.6) is 0 Å². The molecule has 1 aromatic heterocycles. The van der Waals surface area contributed by atoms with E-state index in [0.717, 1.165) is 6.54 Å². The SMILES string of the molecule is CCCNC(CCc1ccsc1)C1(C)CCCS1. The lowest BCUT2D eigenvalue weighted by atomic mass is 9.91. The molecule has 1 nitrogen and oxygen atoms in total. The molecule has 1 aliphatic rings. The molecule has 0 saturated carbocycles. The summed E-state index contributed by atoms with van der Waals surface area (Å²) >= 11 is 4.00. The number of thioether (sulfide) groups is 1. The number of rotatable bonds is 7. The Labute approximate surface area is 120 Å². The third-order valence-electron chi connectivity index (χ3n) is 3.93. The summed E-state index contributed by atoms with van der Waals surface area (Å²) in [6.45, 7) is 5.88. The molecule has 2 rings (SSSR count). The molecule has 1 saturated heterocycles. The molecule has 1 N–H and O–H groups in total. The molecule has 1 aliphatic heterocycles. The van der Waals surface area contributed by atoms with Crippen LogP contribution in [0.2, 0.25) is 0 Å². The molecule has 0 amide bonds. The molecule has 0 spiro atoms. The molecule has 18 heavy (non-hydrogen) atoms. The first-order valence-electron chi connectivity index (χ1n) is 7.13. The highest BCUT2D eigenvalue weighted by Crippen LogP contribution is 2.41. The molecule has 0 aliphatic carbocycles. The van der Waals surface area contributed by atoms with Gasteiger partial charge in [-0.05, 0) is 73.7 Å². The lowest BCUT2D eigenvalue weighted by molar-refractivity contribution is 0.381. The monoisotopic (exact) mass is 283 g/mol. The molecular weight excluding hydrogens is 258 g/mol. The molecule has 2 atom stereocenters. The molecule has 102 valence electrons. The van der Waals surface area contributed by atoms with Crippen LogP contribution >= 0.6 is 23.1 Å². The van der Waals surface area contributed by atoms with Crippen molar-refractivity contribution in [2.45, 2.75) is 56.7 Å². The normalized spacial score (nSPS) is 25.4. The van der Waals surface area contributed by atoms with Gasteiger partial charge in [0, 0.05) is 10.8 Å². The van der Waals surface area contributed by atoms with Gasteiger partial charge in [-0.2, -0.15) is 23.1 Å². The minimum atomic E-state index is 0.463. The standard InChI is InChI=1S/C15H25NS2/c1-3-9-16-14(15(2)8-4-10-18-15)6-5-13-7-11-17-12-13/h7,11-12,14,16H,3-6,8-10H2,1-2H3. The van der Waals surface area contributed by atoms with E-state index in [1.54, 1.807) is 0 Å². The van der Waals surface area contributed by atoms with Gasteiger partial charge in [-0.25, -0.2) is 0 Å². The Hall–Kier alpha value is 0.01000. The van der Waals surface area contributed by atoms with Gasteiger partial charge < -0.3 is 5.32 Å². The molecule has 2 unspecified atom stereocenters. The summed E-state index contributed by atoms with van der Waals surface area (Å²) in [6.07, 6.45) is 6.50. The van der Waals surface area contributed by atoms with Gasteiger partial charge in [-0.15, -0.1) is 0 Å². The quantitative estimate of drug-likeness (QED) is 0.799. The lowest BCUT2D eigenvalue weighted by Gasteiger charge is -2.34. The zero-order valence-electron chi connectivity index (χ0n) is 11.6. The van der Waals surface area contributed by atoms with Gasteiger partial charge in [-0.3, -0.25) is 0 Å². The Morgan fingerprint density at radius 3 is 3.00 bits per heavy atom. The van der Waals surface area contributed by atoms with E-state index in [0.29, 0.717) is 10.8 Å². The second-order valence-electron chi connectivity index (χ2n) is 5.44. The van der Waals surface area contributed by atoms with Crippen LogP contribution in [0.15, 0.2) is 16.8 Å². The van der Waals surface area contributed by atoms with Gasteiger partial charge >= 0.3 is 0 Å². The summed E-state index contributed by atoms with van der Waals surface area (Å²) in [7, 11) is 0. The molecule has 0 radical (unpaired) electrons. The van der Waals surface area contributed by atoms with Gasteiger partial charge in [0.25, 0.3) is 0 Å². The smallest absolute Gasteiger partial charge is 0.0285 e. The van der Waals surface area contributed by atoms with Crippen LogP contribution in [0.3, 0.4) is 0 Å². The Bertz CT molecular complexity index is 328. The minimum absolute atomic E-state index is 0.463.